The van der Waals surface area contributed by atoms with Gasteiger partial charge in [0.1, 0.15) is 18.2 Å². The number of benzene rings is 1. The largest absolute Gasteiger partial charge is 0.492 e. The second kappa shape index (κ2) is 5.36. The lowest BCUT2D eigenvalue weighted by Crippen LogP contribution is -2.27. The number of ether oxygens (including phenoxy) is 1. The van der Waals surface area contributed by atoms with E-state index in [-0.39, 0.29) is 10.2 Å². The molecule has 0 fully saturated rings. The van der Waals surface area contributed by atoms with Crippen molar-refractivity contribution in [2.24, 2.45) is 5.92 Å². The summed E-state index contributed by atoms with van der Waals surface area (Å²) in [5.41, 5.74) is 0. The molecule has 0 aliphatic carbocycles. The zero-order valence-corrected chi connectivity index (χ0v) is 9.85. The van der Waals surface area contributed by atoms with Crippen molar-refractivity contribution in [3.63, 3.8) is 0 Å². The molecule has 2 nitrogen and oxygen atoms in total. The Hall–Kier alpha value is -1.29. The van der Waals surface area contributed by atoms with Crippen molar-refractivity contribution in [3.05, 3.63) is 28.5 Å². The molecule has 0 N–H and O–H groups in total. The third-order valence-electron chi connectivity index (χ3n) is 1.86. The molecule has 0 saturated carbocycles. The molecule has 0 heterocycles. The second-order valence-electron chi connectivity index (χ2n) is 3.11. The first-order valence-corrected chi connectivity index (χ1v) is 5.18. The van der Waals surface area contributed by atoms with Gasteiger partial charge in [-0.2, -0.15) is 18.4 Å². The summed E-state index contributed by atoms with van der Waals surface area (Å²) in [6, 6.07) is 4.63. The molecule has 0 radical (unpaired) electrons. The topological polar surface area (TPSA) is 33.0 Å². The van der Waals surface area contributed by atoms with E-state index in [2.05, 4.69) is 15.9 Å². The van der Waals surface area contributed by atoms with Gasteiger partial charge >= 0.3 is 6.18 Å². The fraction of sp³-hybridized carbons (Fsp3) is 0.300. The normalized spacial score (nSPS) is 12.9. The van der Waals surface area contributed by atoms with Crippen LogP contribution in [0.25, 0.3) is 0 Å². The summed E-state index contributed by atoms with van der Waals surface area (Å²) in [6.45, 7) is -0.860. The highest BCUT2D eigenvalue weighted by molar-refractivity contribution is 9.10. The van der Waals surface area contributed by atoms with E-state index >= 15 is 0 Å². The molecule has 7 heteroatoms. The third-order valence-corrected chi connectivity index (χ3v) is 2.50. The predicted molar refractivity (Wildman–Crippen MR) is 54.8 cm³/mol. The molecule has 17 heavy (non-hydrogen) atoms. The molecule has 0 aromatic heterocycles. The minimum absolute atomic E-state index is 0.0600. The van der Waals surface area contributed by atoms with Crippen molar-refractivity contribution in [2.45, 2.75) is 6.18 Å². The van der Waals surface area contributed by atoms with Crippen molar-refractivity contribution in [2.75, 3.05) is 6.61 Å². The van der Waals surface area contributed by atoms with Gasteiger partial charge in [0, 0.05) is 6.07 Å². The Morgan fingerprint density at radius 1 is 1.41 bits per heavy atom. The first kappa shape index (κ1) is 13.8. The minimum atomic E-state index is -4.65. The van der Waals surface area contributed by atoms with Crippen LogP contribution in [0.15, 0.2) is 22.7 Å². The lowest BCUT2D eigenvalue weighted by Gasteiger charge is -2.14. The van der Waals surface area contributed by atoms with E-state index in [0.717, 1.165) is 12.1 Å². The van der Waals surface area contributed by atoms with Crippen LogP contribution in [-0.4, -0.2) is 12.8 Å². The van der Waals surface area contributed by atoms with Crippen LogP contribution in [0.2, 0.25) is 0 Å². The van der Waals surface area contributed by atoms with Crippen LogP contribution < -0.4 is 4.74 Å². The minimum Gasteiger partial charge on any atom is -0.492 e. The van der Waals surface area contributed by atoms with Crippen molar-refractivity contribution in [1.29, 1.82) is 5.26 Å². The maximum absolute atomic E-state index is 13.0. The second-order valence-corrected chi connectivity index (χ2v) is 3.96. The average molecular weight is 312 g/mol. The molecule has 0 aliphatic rings. The lowest BCUT2D eigenvalue weighted by atomic mass is 10.2. The molecule has 0 bridgehead atoms. The highest BCUT2D eigenvalue weighted by Gasteiger charge is 2.40. The molecule has 0 amide bonds. The van der Waals surface area contributed by atoms with Crippen molar-refractivity contribution >= 4 is 15.9 Å². The highest BCUT2D eigenvalue weighted by atomic mass is 79.9. The van der Waals surface area contributed by atoms with Crippen LogP contribution in [-0.2, 0) is 0 Å². The predicted octanol–water partition coefficient (Wildman–Crippen LogP) is 3.67. The van der Waals surface area contributed by atoms with E-state index in [1.807, 2.05) is 0 Å². The molecule has 0 spiro atoms. The van der Waals surface area contributed by atoms with Gasteiger partial charge in [-0.15, -0.1) is 0 Å². The van der Waals surface area contributed by atoms with E-state index in [4.69, 9.17) is 10.00 Å². The van der Waals surface area contributed by atoms with Gasteiger partial charge in [-0.25, -0.2) is 4.39 Å². The third kappa shape index (κ3) is 3.89. The average Bonchev–Trinajstić information content (AvgIpc) is 2.22. The molecular formula is C10H6BrF4NO. The van der Waals surface area contributed by atoms with Crippen molar-refractivity contribution < 1.29 is 22.3 Å². The van der Waals surface area contributed by atoms with Gasteiger partial charge in [-0.05, 0) is 28.1 Å². The van der Waals surface area contributed by atoms with E-state index in [0.29, 0.717) is 0 Å². The Bertz CT molecular complexity index is 441. The van der Waals surface area contributed by atoms with E-state index in [1.54, 1.807) is 0 Å². The van der Waals surface area contributed by atoms with Crippen LogP contribution in [0, 0.1) is 23.1 Å². The van der Waals surface area contributed by atoms with Gasteiger partial charge in [0.05, 0.1) is 10.5 Å². The van der Waals surface area contributed by atoms with Gasteiger partial charge in [0.2, 0.25) is 0 Å². The monoisotopic (exact) mass is 311 g/mol. The standard InChI is InChI=1S/C10H6BrF4NO/c11-8-2-1-7(3-9(8)12)17-5-6(4-16)10(13,14)15/h1-3,6H,5H2. The number of nitrogens with zero attached hydrogens (tertiary/aromatic N) is 1. The summed E-state index contributed by atoms with van der Waals surface area (Å²) in [5.74, 6) is -2.94. The molecule has 1 aromatic carbocycles. The quantitative estimate of drug-likeness (QED) is 0.798. The SMILES string of the molecule is N#CC(COc1ccc(Br)c(F)c1)C(F)(F)F. The van der Waals surface area contributed by atoms with Gasteiger partial charge < -0.3 is 4.74 Å². The van der Waals surface area contributed by atoms with Gasteiger partial charge in [-0.3, -0.25) is 0 Å². The van der Waals surface area contributed by atoms with Gasteiger partial charge in [0.25, 0.3) is 0 Å². The van der Waals surface area contributed by atoms with Crippen molar-refractivity contribution in [1.82, 2.24) is 0 Å². The number of halogens is 5. The lowest BCUT2D eigenvalue weighted by molar-refractivity contribution is -0.165. The first-order valence-electron chi connectivity index (χ1n) is 4.38. The van der Waals surface area contributed by atoms with E-state index < -0.39 is 24.5 Å². The number of rotatable bonds is 3. The fourth-order valence-corrected chi connectivity index (χ4v) is 1.20. The molecular weight excluding hydrogens is 306 g/mol. The van der Waals surface area contributed by atoms with Crippen LogP contribution >= 0.6 is 15.9 Å². The zero-order chi connectivity index (χ0) is 13.1. The van der Waals surface area contributed by atoms with Gasteiger partial charge in [-0.1, -0.05) is 0 Å². The molecule has 0 aliphatic heterocycles. The smallest absolute Gasteiger partial charge is 0.407 e. The molecule has 1 aromatic rings. The summed E-state index contributed by atoms with van der Waals surface area (Å²) in [7, 11) is 0. The van der Waals surface area contributed by atoms with E-state index in [1.165, 1.54) is 12.1 Å². The Labute approximate surface area is 103 Å². The Morgan fingerprint density at radius 2 is 2.06 bits per heavy atom. The number of alkyl halides is 3. The Morgan fingerprint density at radius 3 is 2.53 bits per heavy atom. The highest BCUT2D eigenvalue weighted by Crippen LogP contribution is 2.27. The fourth-order valence-electron chi connectivity index (χ4n) is 0.951. The maximum Gasteiger partial charge on any atom is 0.407 e. The zero-order valence-electron chi connectivity index (χ0n) is 8.26. The molecule has 1 unspecified atom stereocenters. The molecule has 92 valence electrons. The van der Waals surface area contributed by atoms with Crippen LogP contribution in [0.5, 0.6) is 5.75 Å². The molecule has 1 rings (SSSR count). The number of hydrogen-bond acceptors (Lipinski definition) is 2. The van der Waals surface area contributed by atoms with Crippen LogP contribution in [0.1, 0.15) is 0 Å². The van der Waals surface area contributed by atoms with Gasteiger partial charge in [0.15, 0.2) is 5.92 Å². The Kier molecular flexibility index (Phi) is 4.34. The summed E-state index contributed by atoms with van der Waals surface area (Å²) < 4.78 is 54.4. The maximum atomic E-state index is 13.0. The first-order chi connectivity index (χ1) is 7.84. The summed E-state index contributed by atoms with van der Waals surface area (Å²) in [5, 5.41) is 8.31. The number of nitriles is 1. The summed E-state index contributed by atoms with van der Waals surface area (Å²) >= 11 is 2.89. The molecule has 0 saturated heterocycles. The summed E-state index contributed by atoms with van der Waals surface area (Å²) in [4.78, 5) is 0. The van der Waals surface area contributed by atoms with E-state index in [9.17, 15) is 17.6 Å². The molecule has 1 atom stereocenters. The van der Waals surface area contributed by atoms with Crippen molar-refractivity contribution in [3.8, 4) is 11.8 Å². The van der Waals surface area contributed by atoms with Crippen LogP contribution in [0.3, 0.4) is 0 Å². The Balaban J connectivity index is 2.67. The summed E-state index contributed by atoms with van der Waals surface area (Å²) in [6.07, 6.45) is -4.65. The van der Waals surface area contributed by atoms with Crippen LogP contribution in [0.4, 0.5) is 17.6 Å². The number of hydrogen-bond donors (Lipinski definition) is 0.